The number of esters is 1. The molecule has 0 aliphatic carbocycles. The average Bonchev–Trinajstić information content (AvgIpc) is 3.12. The van der Waals surface area contributed by atoms with Crippen LogP contribution in [0.25, 0.3) is 0 Å². The van der Waals surface area contributed by atoms with Gasteiger partial charge in [0.05, 0.1) is 13.4 Å². The maximum absolute atomic E-state index is 12.0. The molecule has 0 spiro atoms. The number of hydrazine groups is 1. The molecule has 1 aromatic heterocycles. The molecule has 9 heteroatoms. The van der Waals surface area contributed by atoms with Crippen molar-refractivity contribution >= 4 is 29.4 Å². The first-order chi connectivity index (χ1) is 11.5. The molecule has 0 aliphatic rings. The van der Waals surface area contributed by atoms with Crippen molar-refractivity contribution in [3.05, 3.63) is 52.9 Å². The normalized spacial score (nSPS) is 9.92. The number of rotatable bonds is 5. The Kier molecular flexibility index (Phi) is 5.80. The number of methoxy groups -OCH3 is 1. The minimum atomic E-state index is -0.790. The van der Waals surface area contributed by atoms with Gasteiger partial charge in [-0.1, -0.05) is 11.6 Å². The van der Waals surface area contributed by atoms with Crippen LogP contribution in [-0.2, 0) is 9.53 Å². The zero-order valence-corrected chi connectivity index (χ0v) is 13.3. The second kappa shape index (κ2) is 8.02. The molecule has 1 heterocycles. The van der Waals surface area contributed by atoms with Gasteiger partial charge in [0.2, 0.25) is 0 Å². The van der Waals surface area contributed by atoms with Crippen molar-refractivity contribution in [3.63, 3.8) is 0 Å². The SMILES string of the molecule is COc1ccc(Cl)cc1C(=O)OCC(=O)NNC(=O)c1ccco1. The van der Waals surface area contributed by atoms with Crippen LogP contribution in [0, 0.1) is 0 Å². The fourth-order valence-electron chi connectivity index (χ4n) is 1.68. The number of ether oxygens (including phenoxy) is 2. The van der Waals surface area contributed by atoms with Gasteiger partial charge < -0.3 is 13.9 Å². The summed E-state index contributed by atoms with van der Waals surface area (Å²) in [6.07, 6.45) is 1.32. The lowest BCUT2D eigenvalue weighted by Crippen LogP contribution is -2.43. The second-order valence-corrected chi connectivity index (χ2v) is 4.84. The molecule has 0 fully saturated rings. The van der Waals surface area contributed by atoms with E-state index in [4.69, 9.17) is 25.5 Å². The first-order valence-electron chi connectivity index (χ1n) is 6.64. The zero-order chi connectivity index (χ0) is 17.5. The van der Waals surface area contributed by atoms with Crippen molar-refractivity contribution in [1.82, 2.24) is 10.9 Å². The smallest absolute Gasteiger partial charge is 0.342 e. The van der Waals surface area contributed by atoms with Gasteiger partial charge >= 0.3 is 11.9 Å². The van der Waals surface area contributed by atoms with Gasteiger partial charge in [-0.3, -0.25) is 20.4 Å². The Bertz CT molecular complexity index is 744. The Morgan fingerprint density at radius 3 is 2.67 bits per heavy atom. The first kappa shape index (κ1) is 17.4. The topological polar surface area (TPSA) is 107 Å². The highest BCUT2D eigenvalue weighted by molar-refractivity contribution is 6.31. The summed E-state index contributed by atoms with van der Waals surface area (Å²) < 4.78 is 14.7. The van der Waals surface area contributed by atoms with E-state index in [-0.39, 0.29) is 17.1 Å². The summed E-state index contributed by atoms with van der Waals surface area (Å²) in [5.41, 5.74) is 4.28. The molecule has 0 saturated carbocycles. The minimum absolute atomic E-state index is 0.0240. The van der Waals surface area contributed by atoms with E-state index in [0.717, 1.165) is 0 Å². The summed E-state index contributed by atoms with van der Waals surface area (Å²) >= 11 is 5.82. The highest BCUT2D eigenvalue weighted by atomic mass is 35.5. The number of hydrogen-bond acceptors (Lipinski definition) is 6. The Labute approximate surface area is 141 Å². The second-order valence-electron chi connectivity index (χ2n) is 4.40. The van der Waals surface area contributed by atoms with E-state index in [1.165, 1.54) is 37.6 Å². The number of furan rings is 1. The third kappa shape index (κ3) is 4.50. The van der Waals surface area contributed by atoms with Crippen molar-refractivity contribution in [2.45, 2.75) is 0 Å². The number of amides is 2. The van der Waals surface area contributed by atoms with Crippen molar-refractivity contribution in [3.8, 4) is 5.75 Å². The van der Waals surface area contributed by atoms with Gasteiger partial charge in [-0.2, -0.15) is 0 Å². The van der Waals surface area contributed by atoms with Crippen LogP contribution in [0.4, 0.5) is 0 Å². The maximum atomic E-state index is 12.0. The molecule has 0 saturated heterocycles. The Balaban J connectivity index is 1.84. The third-order valence-electron chi connectivity index (χ3n) is 2.78. The summed E-state index contributed by atoms with van der Waals surface area (Å²) in [5.74, 6) is -1.88. The molecule has 2 aromatic rings. The molecule has 0 atom stereocenters. The van der Waals surface area contributed by atoms with Gasteiger partial charge in [0.1, 0.15) is 11.3 Å². The van der Waals surface area contributed by atoms with Crippen LogP contribution < -0.4 is 15.6 Å². The van der Waals surface area contributed by atoms with E-state index in [0.29, 0.717) is 5.02 Å². The molecule has 24 heavy (non-hydrogen) atoms. The molecule has 0 unspecified atom stereocenters. The van der Waals surface area contributed by atoms with Crippen LogP contribution in [0.3, 0.4) is 0 Å². The third-order valence-corrected chi connectivity index (χ3v) is 3.01. The van der Waals surface area contributed by atoms with E-state index < -0.39 is 24.4 Å². The maximum Gasteiger partial charge on any atom is 0.342 e. The number of hydrogen-bond donors (Lipinski definition) is 2. The monoisotopic (exact) mass is 352 g/mol. The summed E-state index contributed by atoms with van der Waals surface area (Å²) in [6.45, 7) is -0.604. The van der Waals surface area contributed by atoms with E-state index >= 15 is 0 Å². The van der Waals surface area contributed by atoms with Crippen LogP contribution in [0.5, 0.6) is 5.75 Å². The summed E-state index contributed by atoms with van der Waals surface area (Å²) in [5, 5.41) is 0.318. The molecule has 126 valence electrons. The number of nitrogens with one attached hydrogen (secondary N) is 2. The highest BCUT2D eigenvalue weighted by Gasteiger charge is 2.16. The van der Waals surface area contributed by atoms with Gasteiger partial charge in [0.25, 0.3) is 5.91 Å². The molecule has 1 aromatic carbocycles. The van der Waals surface area contributed by atoms with Crippen LogP contribution in [0.2, 0.25) is 5.02 Å². The fourth-order valence-corrected chi connectivity index (χ4v) is 1.85. The molecular weight excluding hydrogens is 340 g/mol. The number of carbonyl (C=O) groups is 3. The first-order valence-corrected chi connectivity index (χ1v) is 7.02. The van der Waals surface area contributed by atoms with E-state index in [1.807, 2.05) is 0 Å². The molecule has 2 rings (SSSR count). The van der Waals surface area contributed by atoms with Gasteiger partial charge in [-0.25, -0.2) is 4.79 Å². The molecule has 2 amide bonds. The standard InChI is InChI=1S/C15H13ClN2O6/c1-22-11-5-4-9(16)7-10(11)15(21)24-8-13(19)17-18-14(20)12-3-2-6-23-12/h2-7H,8H2,1H3,(H,17,19)(H,18,20). The van der Waals surface area contributed by atoms with E-state index in [2.05, 4.69) is 10.9 Å². The largest absolute Gasteiger partial charge is 0.496 e. The predicted octanol–water partition coefficient (Wildman–Crippen LogP) is 1.56. The fraction of sp³-hybridized carbons (Fsp3) is 0.133. The Hall–Kier alpha value is -3.00. The van der Waals surface area contributed by atoms with Gasteiger partial charge in [0, 0.05) is 5.02 Å². The lowest BCUT2D eigenvalue weighted by molar-refractivity contribution is -0.125. The number of benzene rings is 1. The molecule has 8 nitrogen and oxygen atoms in total. The van der Waals surface area contributed by atoms with E-state index in [1.54, 1.807) is 6.07 Å². The van der Waals surface area contributed by atoms with Gasteiger partial charge in [-0.05, 0) is 30.3 Å². The average molecular weight is 353 g/mol. The van der Waals surface area contributed by atoms with E-state index in [9.17, 15) is 14.4 Å². The Morgan fingerprint density at radius 2 is 2.00 bits per heavy atom. The lowest BCUT2D eigenvalue weighted by Gasteiger charge is -2.09. The summed E-state index contributed by atoms with van der Waals surface area (Å²) in [6, 6.07) is 7.36. The zero-order valence-electron chi connectivity index (χ0n) is 12.5. The lowest BCUT2D eigenvalue weighted by atomic mass is 10.2. The van der Waals surface area contributed by atoms with Gasteiger partial charge in [-0.15, -0.1) is 0 Å². The summed E-state index contributed by atoms with van der Waals surface area (Å²) in [4.78, 5) is 35.1. The molecule has 2 N–H and O–H groups in total. The Morgan fingerprint density at radius 1 is 1.21 bits per heavy atom. The molecule has 0 aliphatic heterocycles. The van der Waals surface area contributed by atoms with Gasteiger partial charge in [0.15, 0.2) is 12.4 Å². The van der Waals surface area contributed by atoms with Crippen molar-refractivity contribution in [1.29, 1.82) is 0 Å². The minimum Gasteiger partial charge on any atom is -0.496 e. The molecular formula is C15H13ClN2O6. The van der Waals surface area contributed by atoms with Crippen molar-refractivity contribution in [2.24, 2.45) is 0 Å². The number of carbonyl (C=O) groups excluding carboxylic acids is 3. The quantitative estimate of drug-likeness (QED) is 0.624. The van der Waals surface area contributed by atoms with Crippen molar-refractivity contribution < 1.29 is 28.3 Å². The summed E-state index contributed by atoms with van der Waals surface area (Å²) in [7, 11) is 1.39. The molecule has 0 bridgehead atoms. The van der Waals surface area contributed by atoms with Crippen molar-refractivity contribution in [2.75, 3.05) is 13.7 Å². The van der Waals surface area contributed by atoms with Crippen LogP contribution in [0.15, 0.2) is 41.0 Å². The van der Waals surface area contributed by atoms with Crippen LogP contribution in [0.1, 0.15) is 20.9 Å². The van der Waals surface area contributed by atoms with Crippen LogP contribution >= 0.6 is 11.6 Å². The number of halogens is 1. The molecule has 0 radical (unpaired) electrons. The highest BCUT2D eigenvalue weighted by Crippen LogP contribution is 2.23. The van der Waals surface area contributed by atoms with Crippen LogP contribution in [-0.4, -0.2) is 31.5 Å². The predicted molar refractivity (Wildman–Crippen MR) is 82.6 cm³/mol.